The van der Waals surface area contributed by atoms with Crippen LogP contribution in [-0.4, -0.2) is 48.1 Å². The number of halogens is 1. The highest BCUT2D eigenvalue weighted by Crippen LogP contribution is 2.33. The average Bonchev–Trinajstić information content (AvgIpc) is 3.42. The number of aromatic nitrogens is 1. The Kier molecular flexibility index (Phi) is 6.35. The van der Waals surface area contributed by atoms with Gasteiger partial charge in [-0.3, -0.25) is 10.1 Å². The summed E-state index contributed by atoms with van der Waals surface area (Å²) in [4.78, 5) is 22.1. The number of hydrogen-bond donors (Lipinski definition) is 2. The van der Waals surface area contributed by atoms with Crippen molar-refractivity contribution in [1.29, 1.82) is 0 Å². The zero-order valence-corrected chi connectivity index (χ0v) is 18.2. The van der Waals surface area contributed by atoms with E-state index in [4.69, 9.17) is 4.84 Å². The van der Waals surface area contributed by atoms with Gasteiger partial charge < -0.3 is 9.94 Å². The maximum Gasteiger partial charge on any atom is 0.280 e. The summed E-state index contributed by atoms with van der Waals surface area (Å²) < 4.78 is 38.0. The lowest BCUT2D eigenvalue weighted by Crippen LogP contribution is -2.24. The number of nitrogens with one attached hydrogen (secondary N) is 1. The third kappa shape index (κ3) is 5.28. The molecule has 0 bridgehead atoms. The predicted molar refractivity (Wildman–Crippen MR) is 113 cm³/mol. The minimum absolute atomic E-state index is 0.0713. The molecule has 0 spiro atoms. The lowest BCUT2D eigenvalue weighted by molar-refractivity contribution is -0.110. The van der Waals surface area contributed by atoms with Crippen molar-refractivity contribution in [3.8, 4) is 0 Å². The Morgan fingerprint density at radius 1 is 1.26 bits per heavy atom. The van der Waals surface area contributed by atoms with Crippen molar-refractivity contribution < 1.29 is 27.5 Å². The van der Waals surface area contributed by atoms with E-state index in [1.807, 2.05) is 0 Å². The Balaban J connectivity index is 1.53. The minimum atomic E-state index is -3.35. The SMILES string of the molecule is O=C(Nc1ncc(F)s1)C(=NOC[C@H]1CCC(O)C1)c1ccc(S(=O)(=O)C2CC2)cc1. The topological polar surface area (TPSA) is 118 Å². The number of thiazole rings is 1. The maximum absolute atomic E-state index is 13.2. The Labute approximate surface area is 183 Å². The molecule has 1 aromatic carbocycles. The largest absolute Gasteiger partial charge is 0.395 e. The molecule has 2 saturated carbocycles. The Hall–Kier alpha value is -2.37. The summed E-state index contributed by atoms with van der Waals surface area (Å²) in [6.45, 7) is 0.244. The molecule has 0 saturated heterocycles. The van der Waals surface area contributed by atoms with Crippen LogP contribution in [-0.2, 0) is 19.5 Å². The first-order valence-corrected chi connectivity index (χ1v) is 12.3. The van der Waals surface area contributed by atoms with Gasteiger partial charge in [-0.25, -0.2) is 13.4 Å². The fourth-order valence-corrected chi connectivity index (χ4v) is 5.67. The Morgan fingerprint density at radius 3 is 2.58 bits per heavy atom. The normalized spacial score (nSPS) is 21.8. The third-order valence-corrected chi connectivity index (χ3v) is 8.29. The molecule has 1 unspecified atom stereocenters. The van der Waals surface area contributed by atoms with E-state index in [1.165, 1.54) is 24.3 Å². The fourth-order valence-electron chi connectivity index (χ4n) is 3.47. The molecule has 8 nitrogen and oxygen atoms in total. The summed E-state index contributed by atoms with van der Waals surface area (Å²) in [6, 6.07) is 5.89. The van der Waals surface area contributed by atoms with Crippen LogP contribution in [0.5, 0.6) is 0 Å². The molecule has 1 heterocycles. The van der Waals surface area contributed by atoms with E-state index in [2.05, 4.69) is 15.5 Å². The molecular weight excluding hydrogens is 445 g/mol. The molecule has 1 aromatic heterocycles. The van der Waals surface area contributed by atoms with Crippen molar-refractivity contribution in [3.63, 3.8) is 0 Å². The molecule has 0 aliphatic heterocycles. The van der Waals surface area contributed by atoms with Crippen LogP contribution in [0.25, 0.3) is 0 Å². The number of rotatable bonds is 8. The van der Waals surface area contributed by atoms with Gasteiger partial charge >= 0.3 is 0 Å². The standard InChI is InChI=1S/C20H22FN3O5S2/c21-17-10-22-20(30-17)23-19(26)18(24-29-11-12-1-4-14(25)9-12)13-2-5-15(6-3-13)31(27,28)16-7-8-16/h2-3,5-6,10,12,14,16,25H,1,4,7-9,11H2,(H,22,23,26)/t12-,14?/m0/s1. The summed E-state index contributed by atoms with van der Waals surface area (Å²) in [7, 11) is -3.35. The molecule has 2 aromatic rings. The number of benzene rings is 1. The van der Waals surface area contributed by atoms with Crippen molar-refractivity contribution in [3.05, 3.63) is 41.2 Å². The van der Waals surface area contributed by atoms with Crippen LogP contribution < -0.4 is 5.32 Å². The van der Waals surface area contributed by atoms with Crippen LogP contribution in [0.4, 0.5) is 9.52 Å². The fraction of sp³-hybridized carbons (Fsp3) is 0.450. The molecular formula is C20H22FN3O5S2. The van der Waals surface area contributed by atoms with E-state index in [-0.39, 0.29) is 39.6 Å². The lowest BCUT2D eigenvalue weighted by atomic mass is 10.1. The molecule has 2 fully saturated rings. The van der Waals surface area contributed by atoms with Gasteiger partial charge in [-0.15, -0.1) is 0 Å². The van der Waals surface area contributed by atoms with Gasteiger partial charge in [0.25, 0.3) is 5.91 Å². The van der Waals surface area contributed by atoms with Crippen molar-refractivity contribution in [1.82, 2.24) is 4.98 Å². The molecule has 31 heavy (non-hydrogen) atoms. The number of aliphatic hydroxyl groups is 1. The first-order valence-electron chi connectivity index (χ1n) is 9.98. The molecule has 11 heteroatoms. The number of carbonyl (C=O) groups is 1. The highest BCUT2D eigenvalue weighted by atomic mass is 32.2. The first kappa shape index (κ1) is 21.8. The first-order chi connectivity index (χ1) is 14.8. The van der Waals surface area contributed by atoms with Crippen molar-refractivity contribution in [2.24, 2.45) is 11.1 Å². The van der Waals surface area contributed by atoms with Crippen LogP contribution >= 0.6 is 11.3 Å². The van der Waals surface area contributed by atoms with Crippen molar-refractivity contribution in [2.75, 3.05) is 11.9 Å². The van der Waals surface area contributed by atoms with E-state index in [0.29, 0.717) is 42.6 Å². The second kappa shape index (κ2) is 9.01. The predicted octanol–water partition coefficient (Wildman–Crippen LogP) is 2.74. The average molecular weight is 468 g/mol. The van der Waals surface area contributed by atoms with Gasteiger partial charge in [0.2, 0.25) is 0 Å². The molecule has 166 valence electrons. The second-order valence-electron chi connectivity index (χ2n) is 7.76. The van der Waals surface area contributed by atoms with Gasteiger partial charge in [-0.2, -0.15) is 4.39 Å². The number of aliphatic hydroxyl groups excluding tert-OH is 1. The summed E-state index contributed by atoms with van der Waals surface area (Å²) in [5.74, 6) is -0.513. The molecule has 2 aliphatic rings. The smallest absolute Gasteiger partial charge is 0.280 e. The number of nitrogens with zero attached hydrogens (tertiary/aromatic N) is 2. The monoisotopic (exact) mass is 467 g/mol. The summed E-state index contributed by atoms with van der Waals surface area (Å²) in [6.07, 6.45) is 4.10. The van der Waals surface area contributed by atoms with Crippen LogP contribution in [0.3, 0.4) is 0 Å². The summed E-state index contributed by atoms with van der Waals surface area (Å²) >= 11 is 0.676. The van der Waals surface area contributed by atoms with Crippen LogP contribution in [0.15, 0.2) is 40.5 Å². The Morgan fingerprint density at radius 2 is 2.00 bits per heavy atom. The van der Waals surface area contributed by atoms with Gasteiger partial charge in [-0.1, -0.05) is 28.6 Å². The van der Waals surface area contributed by atoms with E-state index in [1.54, 1.807) is 0 Å². The number of sulfone groups is 1. The van der Waals surface area contributed by atoms with Gasteiger partial charge in [-0.05, 0) is 50.2 Å². The highest BCUT2D eigenvalue weighted by molar-refractivity contribution is 7.92. The molecule has 1 amide bonds. The van der Waals surface area contributed by atoms with Crippen LogP contribution in [0.2, 0.25) is 0 Å². The molecule has 4 rings (SSSR count). The number of carbonyl (C=O) groups excluding carboxylic acids is 1. The molecule has 2 N–H and O–H groups in total. The summed E-state index contributed by atoms with van der Waals surface area (Å²) in [5.41, 5.74) is 0.278. The summed E-state index contributed by atoms with van der Waals surface area (Å²) in [5, 5.41) is 15.3. The minimum Gasteiger partial charge on any atom is -0.395 e. The van der Waals surface area contributed by atoms with Crippen LogP contribution in [0, 0.1) is 11.0 Å². The molecule has 2 aliphatic carbocycles. The number of amides is 1. The van der Waals surface area contributed by atoms with E-state index >= 15 is 0 Å². The quantitative estimate of drug-likeness (QED) is 0.455. The van der Waals surface area contributed by atoms with E-state index in [9.17, 15) is 22.7 Å². The van der Waals surface area contributed by atoms with Gasteiger partial charge in [0.1, 0.15) is 6.61 Å². The van der Waals surface area contributed by atoms with Crippen LogP contribution in [0.1, 0.15) is 37.7 Å². The zero-order chi connectivity index (χ0) is 22.0. The third-order valence-electron chi connectivity index (χ3n) is 5.31. The van der Waals surface area contributed by atoms with Gasteiger partial charge in [0, 0.05) is 5.56 Å². The molecule has 0 radical (unpaired) electrons. The van der Waals surface area contributed by atoms with Gasteiger partial charge in [0.15, 0.2) is 25.8 Å². The van der Waals surface area contributed by atoms with E-state index < -0.39 is 20.9 Å². The maximum atomic E-state index is 13.2. The Bertz CT molecular complexity index is 1080. The molecule has 2 atom stereocenters. The number of anilines is 1. The zero-order valence-electron chi connectivity index (χ0n) is 16.5. The lowest BCUT2D eigenvalue weighted by Gasteiger charge is -2.10. The van der Waals surface area contributed by atoms with E-state index in [0.717, 1.165) is 12.6 Å². The highest BCUT2D eigenvalue weighted by Gasteiger charge is 2.36. The van der Waals surface area contributed by atoms with Crippen molar-refractivity contribution in [2.45, 2.75) is 48.4 Å². The number of hydrogen-bond acceptors (Lipinski definition) is 8. The number of oxime groups is 1. The van der Waals surface area contributed by atoms with Gasteiger partial charge in [0.05, 0.1) is 22.4 Å². The second-order valence-corrected chi connectivity index (χ2v) is 11.0. The van der Waals surface area contributed by atoms with Crippen molar-refractivity contribution >= 4 is 37.9 Å².